The standard InChI is InChI=1S/C14H15BrN6O5/c15-10-5-16-13(18-12(10)19-1-3-24-4-2-19)26-9-6-20-7-11(21(22)23)17-14(20)25-8-9/h5,7,9H,1-4,6,8H2. The lowest BCUT2D eigenvalue weighted by Gasteiger charge is -2.29. The number of rotatable bonds is 4. The summed E-state index contributed by atoms with van der Waals surface area (Å²) in [6, 6.07) is 0.434. The van der Waals surface area contributed by atoms with Crippen molar-refractivity contribution in [3.8, 4) is 12.0 Å². The van der Waals surface area contributed by atoms with Crippen LogP contribution in [0.15, 0.2) is 16.9 Å². The Morgan fingerprint density at radius 3 is 2.92 bits per heavy atom. The van der Waals surface area contributed by atoms with Gasteiger partial charge in [0.25, 0.3) is 0 Å². The second-order valence-corrected chi connectivity index (χ2v) is 6.62. The van der Waals surface area contributed by atoms with Gasteiger partial charge in [-0.1, -0.05) is 0 Å². The van der Waals surface area contributed by atoms with Crippen LogP contribution in [0.3, 0.4) is 0 Å². The molecule has 2 aliphatic rings. The van der Waals surface area contributed by atoms with Crippen LogP contribution in [-0.4, -0.2) is 63.5 Å². The molecule has 1 fully saturated rings. The molecule has 0 radical (unpaired) electrons. The van der Waals surface area contributed by atoms with E-state index in [1.54, 1.807) is 10.8 Å². The van der Waals surface area contributed by atoms with E-state index in [0.29, 0.717) is 19.8 Å². The zero-order valence-electron chi connectivity index (χ0n) is 13.6. The number of fused-ring (bicyclic) bond motifs is 1. The molecule has 26 heavy (non-hydrogen) atoms. The van der Waals surface area contributed by atoms with Crippen molar-refractivity contribution in [1.82, 2.24) is 19.5 Å². The second kappa shape index (κ2) is 7.03. The molecule has 2 aliphatic heterocycles. The quantitative estimate of drug-likeness (QED) is 0.521. The third-order valence-corrected chi connectivity index (χ3v) is 4.56. The first-order valence-electron chi connectivity index (χ1n) is 7.96. The molecule has 0 bridgehead atoms. The fourth-order valence-corrected chi connectivity index (χ4v) is 3.22. The van der Waals surface area contributed by atoms with Crippen molar-refractivity contribution in [3.05, 3.63) is 27.0 Å². The molecule has 138 valence electrons. The number of nitro groups is 1. The molecule has 11 nitrogen and oxygen atoms in total. The maximum atomic E-state index is 10.8. The number of aromatic nitrogens is 4. The number of nitrogens with zero attached hydrogens (tertiary/aromatic N) is 6. The van der Waals surface area contributed by atoms with Crippen LogP contribution in [0.1, 0.15) is 0 Å². The predicted octanol–water partition coefficient (Wildman–Crippen LogP) is 1.02. The van der Waals surface area contributed by atoms with E-state index < -0.39 is 4.92 Å². The summed E-state index contributed by atoms with van der Waals surface area (Å²) < 4.78 is 19.0. The van der Waals surface area contributed by atoms with Crippen molar-refractivity contribution >= 4 is 27.6 Å². The molecule has 2 aromatic heterocycles. The van der Waals surface area contributed by atoms with E-state index in [1.165, 1.54) is 6.20 Å². The SMILES string of the molecule is O=[N+]([O-])c1cn2c(n1)OCC(Oc1ncc(Br)c(N3CCOCC3)n1)C2. The summed E-state index contributed by atoms with van der Waals surface area (Å²) in [7, 11) is 0. The van der Waals surface area contributed by atoms with Crippen LogP contribution in [0, 0.1) is 10.1 Å². The molecule has 0 aliphatic carbocycles. The van der Waals surface area contributed by atoms with Crippen molar-refractivity contribution in [3.63, 3.8) is 0 Å². The van der Waals surface area contributed by atoms with Gasteiger partial charge in [-0.2, -0.15) is 4.98 Å². The van der Waals surface area contributed by atoms with Crippen molar-refractivity contribution < 1.29 is 19.1 Å². The van der Waals surface area contributed by atoms with Crippen LogP contribution in [0.5, 0.6) is 12.0 Å². The van der Waals surface area contributed by atoms with Gasteiger partial charge >= 0.3 is 17.8 Å². The fraction of sp³-hybridized carbons (Fsp3) is 0.500. The number of imidazole rings is 1. The number of hydrogen-bond acceptors (Lipinski definition) is 9. The van der Waals surface area contributed by atoms with E-state index in [9.17, 15) is 10.1 Å². The summed E-state index contributed by atoms with van der Waals surface area (Å²) in [6.07, 6.45) is 2.59. The Hall–Kier alpha value is -2.47. The Bertz CT molecular complexity index is 824. The molecule has 0 amide bonds. The van der Waals surface area contributed by atoms with E-state index in [2.05, 4.69) is 35.8 Å². The normalized spacial score (nSPS) is 19.6. The highest BCUT2D eigenvalue weighted by atomic mass is 79.9. The average Bonchev–Trinajstić information content (AvgIpc) is 3.08. The van der Waals surface area contributed by atoms with Gasteiger partial charge in [0.05, 0.1) is 30.4 Å². The number of morpholine rings is 1. The van der Waals surface area contributed by atoms with Gasteiger partial charge < -0.3 is 29.2 Å². The second-order valence-electron chi connectivity index (χ2n) is 5.77. The molecule has 2 aromatic rings. The largest absolute Gasteiger partial charge is 0.455 e. The molecule has 0 aromatic carbocycles. The summed E-state index contributed by atoms with van der Waals surface area (Å²) in [5, 5.41) is 10.8. The highest BCUT2D eigenvalue weighted by molar-refractivity contribution is 9.10. The van der Waals surface area contributed by atoms with Crippen molar-refractivity contribution in [2.45, 2.75) is 12.6 Å². The molecule has 4 heterocycles. The van der Waals surface area contributed by atoms with Crippen LogP contribution in [0.4, 0.5) is 11.6 Å². The molecule has 1 atom stereocenters. The molecule has 12 heteroatoms. The highest BCUT2D eigenvalue weighted by Gasteiger charge is 2.29. The van der Waals surface area contributed by atoms with Crippen LogP contribution in [-0.2, 0) is 11.3 Å². The lowest BCUT2D eigenvalue weighted by atomic mass is 10.3. The first kappa shape index (κ1) is 17.0. The summed E-state index contributed by atoms with van der Waals surface area (Å²) in [6.45, 7) is 3.34. The number of ether oxygens (including phenoxy) is 3. The summed E-state index contributed by atoms with van der Waals surface area (Å²) in [4.78, 5) is 24.8. The minimum Gasteiger partial charge on any atom is -0.455 e. The Morgan fingerprint density at radius 1 is 1.35 bits per heavy atom. The smallest absolute Gasteiger partial charge is 0.414 e. The summed E-state index contributed by atoms with van der Waals surface area (Å²) >= 11 is 3.46. The van der Waals surface area contributed by atoms with Crippen LogP contribution >= 0.6 is 15.9 Å². The van der Waals surface area contributed by atoms with Crippen molar-refractivity contribution in [2.24, 2.45) is 0 Å². The lowest BCUT2D eigenvalue weighted by Crippen LogP contribution is -2.37. The maximum absolute atomic E-state index is 10.8. The van der Waals surface area contributed by atoms with Crippen LogP contribution < -0.4 is 14.4 Å². The van der Waals surface area contributed by atoms with Crippen LogP contribution in [0.2, 0.25) is 0 Å². The highest BCUT2D eigenvalue weighted by Crippen LogP contribution is 2.27. The minimum atomic E-state index is -0.559. The first-order chi connectivity index (χ1) is 12.6. The van der Waals surface area contributed by atoms with Gasteiger partial charge in [-0.3, -0.25) is 4.57 Å². The van der Waals surface area contributed by atoms with Gasteiger partial charge in [-0.25, -0.2) is 4.98 Å². The molecule has 0 N–H and O–H groups in total. The van der Waals surface area contributed by atoms with Crippen molar-refractivity contribution in [1.29, 1.82) is 0 Å². The van der Waals surface area contributed by atoms with E-state index in [4.69, 9.17) is 14.2 Å². The third-order valence-electron chi connectivity index (χ3n) is 4.00. The molecule has 1 unspecified atom stereocenters. The third kappa shape index (κ3) is 3.42. The van der Waals surface area contributed by atoms with Crippen molar-refractivity contribution in [2.75, 3.05) is 37.8 Å². The van der Waals surface area contributed by atoms with E-state index in [0.717, 1.165) is 23.4 Å². The lowest BCUT2D eigenvalue weighted by molar-refractivity contribution is -0.389. The van der Waals surface area contributed by atoms with Gasteiger partial charge in [0.15, 0.2) is 6.10 Å². The van der Waals surface area contributed by atoms with E-state index >= 15 is 0 Å². The average molecular weight is 427 g/mol. The summed E-state index contributed by atoms with van der Waals surface area (Å²) in [5.41, 5.74) is 0. The zero-order chi connectivity index (χ0) is 18.1. The Labute approximate surface area is 156 Å². The Balaban J connectivity index is 1.48. The minimum absolute atomic E-state index is 0.209. The van der Waals surface area contributed by atoms with E-state index in [-0.39, 0.29) is 30.5 Å². The number of halogens is 1. The molecular formula is C14H15BrN6O5. The Morgan fingerprint density at radius 2 is 2.15 bits per heavy atom. The Kier molecular flexibility index (Phi) is 4.59. The fourth-order valence-electron chi connectivity index (χ4n) is 2.78. The molecule has 0 saturated carbocycles. The first-order valence-corrected chi connectivity index (χ1v) is 8.75. The maximum Gasteiger partial charge on any atom is 0.414 e. The molecule has 0 spiro atoms. The van der Waals surface area contributed by atoms with Crippen LogP contribution in [0.25, 0.3) is 0 Å². The van der Waals surface area contributed by atoms with Gasteiger partial charge in [0, 0.05) is 18.1 Å². The molecule has 4 rings (SSSR count). The number of anilines is 1. The number of hydrogen-bond donors (Lipinski definition) is 0. The topological polar surface area (TPSA) is 118 Å². The van der Waals surface area contributed by atoms with Gasteiger partial charge in [0.1, 0.15) is 18.6 Å². The predicted molar refractivity (Wildman–Crippen MR) is 91.6 cm³/mol. The van der Waals surface area contributed by atoms with Gasteiger partial charge in [0.2, 0.25) is 0 Å². The molecular weight excluding hydrogens is 412 g/mol. The zero-order valence-corrected chi connectivity index (χ0v) is 15.2. The summed E-state index contributed by atoms with van der Waals surface area (Å²) in [5.74, 6) is 0.490. The monoisotopic (exact) mass is 426 g/mol. The van der Waals surface area contributed by atoms with Gasteiger partial charge in [-0.05, 0) is 20.9 Å². The molecule has 1 saturated heterocycles. The van der Waals surface area contributed by atoms with Gasteiger partial charge in [-0.15, -0.1) is 0 Å². The van der Waals surface area contributed by atoms with E-state index in [1.807, 2.05) is 0 Å².